The molecule has 0 aliphatic heterocycles. The van der Waals surface area contributed by atoms with Crippen LogP contribution in [0.25, 0.3) is 0 Å². The zero-order valence-electron chi connectivity index (χ0n) is 16.3. The fourth-order valence-corrected chi connectivity index (χ4v) is 2.77. The van der Waals surface area contributed by atoms with Gasteiger partial charge in [-0.3, -0.25) is 4.99 Å². The SMILES string of the molecule is CCOc1c(Cl)cc(CNC(=NC)NCCCOCC2CC2)cc1OC.I. The highest BCUT2D eigenvalue weighted by Crippen LogP contribution is 2.36. The third-order valence-electron chi connectivity index (χ3n) is 4.07. The maximum absolute atomic E-state index is 6.31. The van der Waals surface area contributed by atoms with Gasteiger partial charge in [0.05, 0.1) is 18.7 Å². The van der Waals surface area contributed by atoms with Crippen molar-refractivity contribution in [2.45, 2.75) is 32.7 Å². The molecule has 0 spiro atoms. The Morgan fingerprint density at radius 3 is 2.70 bits per heavy atom. The number of methoxy groups -OCH3 is 1. The number of hydrogen-bond donors (Lipinski definition) is 2. The number of hydrogen-bond acceptors (Lipinski definition) is 4. The molecule has 1 aliphatic rings. The van der Waals surface area contributed by atoms with Crippen molar-refractivity contribution in [3.8, 4) is 11.5 Å². The van der Waals surface area contributed by atoms with E-state index >= 15 is 0 Å². The van der Waals surface area contributed by atoms with Gasteiger partial charge in [-0.05, 0) is 49.8 Å². The molecule has 0 unspecified atom stereocenters. The minimum absolute atomic E-state index is 0. The zero-order valence-corrected chi connectivity index (χ0v) is 19.4. The van der Waals surface area contributed by atoms with Crippen LogP contribution in [0, 0.1) is 5.92 Å². The van der Waals surface area contributed by atoms with Crippen molar-refractivity contribution < 1.29 is 14.2 Å². The molecular weight excluding hydrogens is 481 g/mol. The fraction of sp³-hybridized carbons (Fsp3) is 0.632. The summed E-state index contributed by atoms with van der Waals surface area (Å²) in [4.78, 5) is 4.24. The molecule has 1 fully saturated rings. The number of rotatable bonds is 11. The van der Waals surface area contributed by atoms with E-state index < -0.39 is 0 Å². The number of halogens is 2. The van der Waals surface area contributed by atoms with Crippen LogP contribution in [0.4, 0.5) is 0 Å². The number of nitrogens with zero attached hydrogens (tertiary/aromatic N) is 1. The Morgan fingerprint density at radius 2 is 2.07 bits per heavy atom. The largest absolute Gasteiger partial charge is 0.493 e. The molecule has 1 aliphatic carbocycles. The van der Waals surface area contributed by atoms with Crippen molar-refractivity contribution in [2.24, 2.45) is 10.9 Å². The van der Waals surface area contributed by atoms with Gasteiger partial charge in [-0.15, -0.1) is 24.0 Å². The van der Waals surface area contributed by atoms with E-state index in [4.69, 9.17) is 25.8 Å². The van der Waals surface area contributed by atoms with Gasteiger partial charge >= 0.3 is 0 Å². The normalized spacial score (nSPS) is 13.7. The Labute approximate surface area is 184 Å². The number of guanidine groups is 1. The number of ether oxygens (including phenoxy) is 3. The Hall–Kier alpha value is -0.930. The predicted octanol–water partition coefficient (Wildman–Crippen LogP) is 3.85. The summed E-state index contributed by atoms with van der Waals surface area (Å²) in [5.41, 5.74) is 0.992. The summed E-state index contributed by atoms with van der Waals surface area (Å²) in [6.45, 7) is 5.55. The Kier molecular flexibility index (Phi) is 11.9. The van der Waals surface area contributed by atoms with Crippen molar-refractivity contribution in [1.29, 1.82) is 0 Å². The van der Waals surface area contributed by atoms with Crippen LogP contribution in [-0.2, 0) is 11.3 Å². The van der Waals surface area contributed by atoms with Gasteiger partial charge in [-0.25, -0.2) is 0 Å². The van der Waals surface area contributed by atoms with E-state index in [2.05, 4.69) is 15.6 Å². The third-order valence-corrected chi connectivity index (χ3v) is 4.35. The Balaban J connectivity index is 0.00000364. The second kappa shape index (κ2) is 13.3. The predicted molar refractivity (Wildman–Crippen MR) is 121 cm³/mol. The van der Waals surface area contributed by atoms with Crippen LogP contribution in [0.5, 0.6) is 11.5 Å². The van der Waals surface area contributed by atoms with Gasteiger partial charge in [-0.1, -0.05) is 11.6 Å². The van der Waals surface area contributed by atoms with Gasteiger partial charge in [-0.2, -0.15) is 0 Å². The lowest BCUT2D eigenvalue weighted by molar-refractivity contribution is 0.123. The summed E-state index contributed by atoms with van der Waals surface area (Å²) in [6, 6.07) is 3.80. The molecule has 1 aromatic rings. The molecule has 8 heteroatoms. The first-order valence-electron chi connectivity index (χ1n) is 9.19. The minimum Gasteiger partial charge on any atom is -0.493 e. The maximum atomic E-state index is 6.31. The van der Waals surface area contributed by atoms with Crippen LogP contribution in [0.15, 0.2) is 17.1 Å². The van der Waals surface area contributed by atoms with Crippen molar-refractivity contribution in [3.63, 3.8) is 0 Å². The molecule has 154 valence electrons. The summed E-state index contributed by atoms with van der Waals surface area (Å²) in [5.74, 6) is 2.77. The van der Waals surface area contributed by atoms with E-state index in [0.717, 1.165) is 43.6 Å². The van der Waals surface area contributed by atoms with Gasteiger partial charge in [0.25, 0.3) is 0 Å². The highest BCUT2D eigenvalue weighted by atomic mass is 127. The van der Waals surface area contributed by atoms with Gasteiger partial charge in [0.15, 0.2) is 17.5 Å². The maximum Gasteiger partial charge on any atom is 0.191 e. The van der Waals surface area contributed by atoms with E-state index in [0.29, 0.717) is 29.7 Å². The summed E-state index contributed by atoms with van der Waals surface area (Å²) in [7, 11) is 3.36. The molecule has 0 aromatic heterocycles. The standard InChI is InChI=1S/C19H30ClN3O3.HI/c1-4-26-18-16(20)10-15(11-17(18)24-3)12-23-19(21-2)22-8-5-9-25-13-14-6-7-14;/h10-11,14H,4-9,12-13H2,1-3H3,(H2,21,22,23);1H. The first-order valence-corrected chi connectivity index (χ1v) is 9.57. The molecule has 27 heavy (non-hydrogen) atoms. The average molecular weight is 512 g/mol. The molecule has 2 N–H and O–H groups in total. The second-order valence-corrected chi connectivity index (χ2v) is 6.67. The van der Waals surface area contributed by atoms with E-state index in [-0.39, 0.29) is 24.0 Å². The monoisotopic (exact) mass is 511 g/mol. The van der Waals surface area contributed by atoms with Crippen LogP contribution >= 0.6 is 35.6 Å². The number of aliphatic imine (C=N–C) groups is 1. The van der Waals surface area contributed by atoms with Gasteiger partial charge in [0.1, 0.15) is 0 Å². The molecular formula is C19H31ClIN3O3. The molecule has 0 radical (unpaired) electrons. The van der Waals surface area contributed by atoms with Crippen LogP contribution in [0.1, 0.15) is 31.7 Å². The minimum atomic E-state index is 0. The first-order chi connectivity index (χ1) is 12.7. The van der Waals surface area contributed by atoms with Crippen LogP contribution in [-0.4, -0.2) is 46.5 Å². The average Bonchev–Trinajstić information content (AvgIpc) is 3.46. The second-order valence-electron chi connectivity index (χ2n) is 6.27. The van der Waals surface area contributed by atoms with Crippen molar-refractivity contribution in [1.82, 2.24) is 10.6 Å². The van der Waals surface area contributed by atoms with Crippen molar-refractivity contribution in [2.75, 3.05) is 40.5 Å². The first kappa shape index (κ1) is 24.1. The molecule has 0 bridgehead atoms. The van der Waals surface area contributed by atoms with Gasteiger partial charge in [0.2, 0.25) is 0 Å². The van der Waals surface area contributed by atoms with E-state index in [9.17, 15) is 0 Å². The van der Waals surface area contributed by atoms with Crippen molar-refractivity contribution >= 4 is 41.5 Å². The quantitative estimate of drug-likeness (QED) is 0.205. The van der Waals surface area contributed by atoms with Gasteiger partial charge < -0.3 is 24.8 Å². The molecule has 0 atom stereocenters. The summed E-state index contributed by atoms with van der Waals surface area (Å²) >= 11 is 6.31. The molecule has 0 amide bonds. The summed E-state index contributed by atoms with van der Waals surface area (Å²) in [6.07, 6.45) is 3.61. The lowest BCUT2D eigenvalue weighted by atomic mass is 10.2. The van der Waals surface area contributed by atoms with Crippen LogP contribution in [0.3, 0.4) is 0 Å². The lowest BCUT2D eigenvalue weighted by Crippen LogP contribution is -2.37. The van der Waals surface area contributed by atoms with E-state index in [1.807, 2.05) is 19.1 Å². The zero-order chi connectivity index (χ0) is 18.8. The smallest absolute Gasteiger partial charge is 0.191 e. The summed E-state index contributed by atoms with van der Waals surface area (Å²) in [5, 5.41) is 7.11. The third kappa shape index (κ3) is 8.74. The van der Waals surface area contributed by atoms with Gasteiger partial charge in [0, 0.05) is 33.4 Å². The summed E-state index contributed by atoms with van der Waals surface area (Å²) < 4.78 is 16.5. The van der Waals surface area contributed by atoms with Crippen LogP contribution < -0.4 is 20.1 Å². The van der Waals surface area contributed by atoms with Crippen LogP contribution in [0.2, 0.25) is 5.02 Å². The molecule has 2 rings (SSSR count). The Bertz CT molecular complexity index is 598. The highest BCUT2D eigenvalue weighted by molar-refractivity contribution is 14.0. The Morgan fingerprint density at radius 1 is 1.30 bits per heavy atom. The highest BCUT2D eigenvalue weighted by Gasteiger charge is 2.20. The molecule has 0 saturated heterocycles. The number of benzene rings is 1. The molecule has 0 heterocycles. The molecule has 1 saturated carbocycles. The molecule has 1 aromatic carbocycles. The lowest BCUT2D eigenvalue weighted by Gasteiger charge is -2.15. The topological polar surface area (TPSA) is 64.1 Å². The molecule has 6 nitrogen and oxygen atoms in total. The number of nitrogens with one attached hydrogen (secondary N) is 2. The van der Waals surface area contributed by atoms with Crippen molar-refractivity contribution in [3.05, 3.63) is 22.7 Å². The fourth-order valence-electron chi connectivity index (χ4n) is 2.48. The van der Waals surface area contributed by atoms with E-state index in [1.165, 1.54) is 12.8 Å². The van der Waals surface area contributed by atoms with E-state index in [1.54, 1.807) is 14.2 Å².